The average Bonchev–Trinajstić information content (AvgIpc) is 2.62. The van der Waals surface area contributed by atoms with Crippen LogP contribution < -0.4 is 4.57 Å². The summed E-state index contributed by atoms with van der Waals surface area (Å²) in [7, 11) is 0. The molecule has 0 aliphatic carbocycles. The number of hydrogen-bond donors (Lipinski definition) is 0. The van der Waals surface area contributed by atoms with Gasteiger partial charge in [-0.05, 0) is 41.3 Å². The fourth-order valence-electron chi connectivity index (χ4n) is 2.48. The molecule has 0 radical (unpaired) electrons. The predicted molar refractivity (Wildman–Crippen MR) is 105 cm³/mol. The Morgan fingerprint density at radius 2 is 1.92 bits per heavy atom. The maximum Gasteiger partial charge on any atom is 0.237 e. The van der Waals surface area contributed by atoms with Crippen molar-refractivity contribution in [3.05, 3.63) is 77.6 Å². The molecule has 0 fully saturated rings. The molecule has 0 spiro atoms. The van der Waals surface area contributed by atoms with Crippen molar-refractivity contribution in [3.63, 3.8) is 0 Å². The number of carbonyl (C=O) groups excluding carboxylic acids is 1. The first-order valence-electron chi connectivity index (χ1n) is 8.18. The normalized spacial score (nSPS) is 12.6. The molecule has 1 heterocycles. The fraction of sp³-hybridized carbons (Fsp3) is 0.250. The number of Topliss-reactive ketones (excluding diaryl/α,β-unsaturated/α-hetero) is 1. The number of aromatic nitrogens is 1. The van der Waals surface area contributed by atoms with E-state index in [0.717, 1.165) is 12.8 Å². The van der Waals surface area contributed by atoms with Crippen LogP contribution in [-0.4, -0.2) is 17.4 Å². The molecule has 2 rings (SSSR count). The second kappa shape index (κ2) is 9.44. The van der Waals surface area contributed by atoms with Crippen molar-refractivity contribution in [2.75, 3.05) is 6.54 Å². The third-order valence-corrected chi connectivity index (χ3v) is 4.35. The Morgan fingerprint density at radius 1 is 1.28 bits per heavy atom. The summed E-state index contributed by atoms with van der Waals surface area (Å²) in [5.41, 5.74) is 1.78. The number of carbonyl (C=O) groups is 1. The number of aryl methyl sites for hydroxylation is 1. The molecule has 130 valence electrons. The minimum atomic E-state index is -0.660. The quantitative estimate of drug-likeness (QED) is 0.174. The molecule has 0 amide bonds. The van der Waals surface area contributed by atoms with Gasteiger partial charge in [-0.15, -0.1) is 6.58 Å². The zero-order valence-electron chi connectivity index (χ0n) is 14.2. The molecule has 0 bridgehead atoms. The van der Waals surface area contributed by atoms with Gasteiger partial charge in [-0.1, -0.05) is 31.0 Å². The Labute approximate surface area is 159 Å². The van der Waals surface area contributed by atoms with Crippen molar-refractivity contribution < 1.29 is 9.36 Å². The van der Waals surface area contributed by atoms with Crippen molar-refractivity contribution in [3.8, 4) is 0 Å². The molecule has 2 aromatic rings. The van der Waals surface area contributed by atoms with Gasteiger partial charge in [0.15, 0.2) is 12.4 Å². The lowest BCUT2D eigenvalue weighted by Gasteiger charge is -2.18. The van der Waals surface area contributed by atoms with Crippen LogP contribution in [0.5, 0.6) is 0 Å². The van der Waals surface area contributed by atoms with Crippen LogP contribution in [0.1, 0.15) is 35.3 Å². The summed E-state index contributed by atoms with van der Waals surface area (Å²) >= 11 is 11.3. The third-order valence-electron chi connectivity index (χ3n) is 3.75. The van der Waals surface area contributed by atoms with Gasteiger partial charge in [0, 0.05) is 22.7 Å². The Kier molecular flexibility index (Phi) is 7.29. The first-order valence-corrected chi connectivity index (χ1v) is 8.97. The van der Waals surface area contributed by atoms with E-state index in [2.05, 4.69) is 18.5 Å². The number of pyridine rings is 1. The number of halogens is 1. The van der Waals surface area contributed by atoms with Gasteiger partial charge in [-0.2, -0.15) is 4.57 Å². The molecule has 3 nitrogen and oxygen atoms in total. The minimum Gasteiger partial charge on any atom is -0.758 e. The topological polar surface area (TPSA) is 33.3 Å². The lowest BCUT2D eigenvalue weighted by molar-refractivity contribution is -0.692. The van der Waals surface area contributed by atoms with E-state index in [-0.39, 0.29) is 5.78 Å². The van der Waals surface area contributed by atoms with Gasteiger partial charge >= 0.3 is 0 Å². The Morgan fingerprint density at radius 3 is 2.48 bits per heavy atom. The van der Waals surface area contributed by atoms with E-state index < -0.39 is 6.04 Å². The van der Waals surface area contributed by atoms with Crippen LogP contribution >= 0.6 is 11.6 Å². The maximum absolute atomic E-state index is 13.0. The number of benzene rings is 1. The summed E-state index contributed by atoms with van der Waals surface area (Å²) in [4.78, 5) is 17.3. The van der Waals surface area contributed by atoms with Gasteiger partial charge in [-0.25, -0.2) is 0 Å². The summed E-state index contributed by atoms with van der Waals surface area (Å²) in [5.74, 6) is -0.109. The molecule has 5 heteroatoms. The fourth-order valence-corrected chi connectivity index (χ4v) is 2.91. The summed E-state index contributed by atoms with van der Waals surface area (Å²) in [6, 6.07) is 10.2. The van der Waals surface area contributed by atoms with Gasteiger partial charge in [0.05, 0.1) is 6.54 Å². The van der Waals surface area contributed by atoms with E-state index in [1.54, 1.807) is 30.3 Å². The highest BCUT2D eigenvalue weighted by atomic mass is 35.5. The number of aliphatic imine (C=N–C) groups is 1. The number of hydrogen-bond acceptors (Lipinski definition) is 3. The molecule has 1 aromatic carbocycles. The zero-order chi connectivity index (χ0) is 18.2. The second-order valence-electron chi connectivity index (χ2n) is 5.64. The van der Waals surface area contributed by atoms with Crippen molar-refractivity contribution in [1.29, 1.82) is 0 Å². The van der Waals surface area contributed by atoms with Crippen molar-refractivity contribution in [2.24, 2.45) is 4.99 Å². The lowest BCUT2D eigenvalue weighted by Crippen LogP contribution is -2.47. The molecule has 1 atom stereocenters. The van der Waals surface area contributed by atoms with E-state index in [4.69, 9.17) is 24.2 Å². The first-order chi connectivity index (χ1) is 12.1. The highest BCUT2D eigenvalue weighted by Crippen LogP contribution is 2.15. The van der Waals surface area contributed by atoms with Crippen molar-refractivity contribution in [2.45, 2.75) is 25.8 Å². The molecule has 0 N–H and O–H groups in total. The molecule has 0 aliphatic heterocycles. The smallest absolute Gasteiger partial charge is 0.237 e. The molecule has 0 saturated heterocycles. The van der Waals surface area contributed by atoms with Crippen LogP contribution in [0.2, 0.25) is 5.02 Å². The molecular weight excluding hydrogens is 352 g/mol. The monoisotopic (exact) mass is 372 g/mol. The van der Waals surface area contributed by atoms with Crippen molar-refractivity contribution >= 4 is 35.1 Å². The largest absolute Gasteiger partial charge is 0.758 e. The first kappa shape index (κ1) is 19.3. The van der Waals surface area contributed by atoms with Crippen LogP contribution in [0.25, 0.3) is 0 Å². The van der Waals surface area contributed by atoms with Crippen molar-refractivity contribution in [1.82, 2.24) is 0 Å². The van der Waals surface area contributed by atoms with Crippen LogP contribution in [-0.2, 0) is 19.0 Å². The number of rotatable bonds is 8. The SMILES string of the molecule is C=CCN=C([S-])[C@@H](C(=O)c1ccc(Cl)cc1)[n+]1ccc(CCC)cc1. The van der Waals surface area contributed by atoms with E-state index in [9.17, 15) is 4.79 Å². The summed E-state index contributed by atoms with van der Waals surface area (Å²) in [6.07, 6.45) is 7.51. The highest BCUT2D eigenvalue weighted by Gasteiger charge is 2.28. The van der Waals surface area contributed by atoms with E-state index >= 15 is 0 Å². The van der Waals surface area contributed by atoms with Gasteiger partial charge in [0.25, 0.3) is 0 Å². The summed E-state index contributed by atoms with van der Waals surface area (Å²) in [5, 5.41) is 0.927. The van der Waals surface area contributed by atoms with Gasteiger partial charge in [0.2, 0.25) is 11.8 Å². The standard InChI is InChI=1S/C20H21ClN2OS/c1-3-5-15-10-13-23(14-11-15)18(20(25)22-12-4-2)19(24)16-6-8-17(21)9-7-16/h4,6-11,13-14,18H,2-3,5,12H2,1H3/t18-/m1/s1. The highest BCUT2D eigenvalue weighted by molar-refractivity contribution is 7.77. The molecule has 0 aliphatic rings. The maximum atomic E-state index is 13.0. The molecular formula is C20H21ClN2OS. The number of ketones is 1. The van der Waals surface area contributed by atoms with E-state index in [1.807, 2.05) is 29.1 Å². The zero-order valence-corrected chi connectivity index (χ0v) is 15.8. The van der Waals surface area contributed by atoms with Gasteiger partial charge < -0.3 is 17.6 Å². The Bertz CT molecular complexity index is 754. The number of nitrogens with zero attached hydrogens (tertiary/aromatic N) is 2. The molecule has 25 heavy (non-hydrogen) atoms. The molecule has 1 aromatic heterocycles. The van der Waals surface area contributed by atoms with Gasteiger partial charge in [0.1, 0.15) is 0 Å². The predicted octanol–water partition coefficient (Wildman–Crippen LogP) is 4.14. The van der Waals surface area contributed by atoms with Crippen LogP contribution in [0.15, 0.2) is 66.4 Å². The summed E-state index contributed by atoms with van der Waals surface area (Å²) < 4.78 is 1.81. The van der Waals surface area contributed by atoms with Gasteiger partial charge in [-0.3, -0.25) is 4.79 Å². The van der Waals surface area contributed by atoms with E-state index in [1.165, 1.54) is 5.56 Å². The average molecular weight is 373 g/mol. The third kappa shape index (κ3) is 5.21. The summed E-state index contributed by atoms with van der Waals surface area (Å²) in [6.45, 7) is 6.17. The molecule has 0 saturated carbocycles. The Balaban J connectivity index is 2.40. The second-order valence-corrected chi connectivity index (χ2v) is 6.50. The minimum absolute atomic E-state index is 0.109. The van der Waals surface area contributed by atoms with Crippen LogP contribution in [0.4, 0.5) is 0 Å². The van der Waals surface area contributed by atoms with Crippen LogP contribution in [0, 0.1) is 0 Å². The lowest BCUT2D eigenvalue weighted by atomic mass is 10.0. The Hall–Kier alpha value is -2.04. The van der Waals surface area contributed by atoms with E-state index in [0.29, 0.717) is 22.2 Å². The molecule has 0 unspecified atom stereocenters. The van der Waals surface area contributed by atoms with Crippen LogP contribution in [0.3, 0.4) is 0 Å².